The fraction of sp³-hybridized carbons (Fsp3) is 0.833. The van der Waals surface area contributed by atoms with Crippen LogP contribution in [0.3, 0.4) is 0 Å². The minimum Gasteiger partial charge on any atom is -0.481 e. The molecule has 0 aromatic carbocycles. The van der Waals surface area contributed by atoms with Crippen LogP contribution in [0.25, 0.3) is 0 Å². The number of aliphatic hydroxyl groups is 1. The smallest absolute Gasteiger partial charge is 0.314 e. The molecule has 0 aromatic heterocycles. The molecule has 18 heavy (non-hydrogen) atoms. The Hall–Kier alpha value is -1.30. The van der Waals surface area contributed by atoms with Gasteiger partial charge in [-0.25, -0.2) is 4.79 Å². The maximum atomic E-state index is 11.4. The van der Waals surface area contributed by atoms with Gasteiger partial charge in [0, 0.05) is 19.5 Å². The van der Waals surface area contributed by atoms with Crippen LogP contribution in [0.15, 0.2) is 0 Å². The summed E-state index contributed by atoms with van der Waals surface area (Å²) in [5.74, 6) is -0.790. The van der Waals surface area contributed by atoms with Crippen molar-refractivity contribution in [2.75, 3.05) is 13.1 Å². The van der Waals surface area contributed by atoms with E-state index in [1.54, 1.807) is 6.92 Å². The highest BCUT2D eigenvalue weighted by Gasteiger charge is 2.27. The van der Waals surface area contributed by atoms with Gasteiger partial charge in [0.25, 0.3) is 0 Å². The molecule has 6 nitrogen and oxygen atoms in total. The van der Waals surface area contributed by atoms with Gasteiger partial charge in [-0.05, 0) is 19.3 Å². The van der Waals surface area contributed by atoms with E-state index < -0.39 is 11.6 Å². The van der Waals surface area contributed by atoms with Gasteiger partial charge in [-0.1, -0.05) is 20.3 Å². The third kappa shape index (κ3) is 7.11. The van der Waals surface area contributed by atoms with Gasteiger partial charge in [0.05, 0.1) is 5.60 Å². The number of hydrogen-bond acceptors (Lipinski definition) is 3. The van der Waals surface area contributed by atoms with Crippen molar-refractivity contribution in [2.24, 2.45) is 5.92 Å². The predicted octanol–water partition coefficient (Wildman–Crippen LogP) is 0.947. The summed E-state index contributed by atoms with van der Waals surface area (Å²) in [6, 6.07) is -0.385. The first-order valence-corrected chi connectivity index (χ1v) is 6.25. The number of carbonyl (C=O) groups is 2. The first kappa shape index (κ1) is 16.7. The van der Waals surface area contributed by atoms with Crippen molar-refractivity contribution in [2.45, 2.75) is 45.6 Å². The van der Waals surface area contributed by atoms with Crippen LogP contribution in [-0.4, -0.2) is 40.9 Å². The Morgan fingerprint density at radius 1 is 1.33 bits per heavy atom. The van der Waals surface area contributed by atoms with Gasteiger partial charge in [0.2, 0.25) is 0 Å². The normalized spacial score (nSPS) is 15.6. The maximum absolute atomic E-state index is 11.4. The van der Waals surface area contributed by atoms with Crippen molar-refractivity contribution in [1.82, 2.24) is 10.6 Å². The monoisotopic (exact) mass is 260 g/mol. The number of rotatable bonds is 8. The van der Waals surface area contributed by atoms with Crippen LogP contribution in [0.4, 0.5) is 4.79 Å². The van der Waals surface area contributed by atoms with E-state index >= 15 is 0 Å². The molecule has 6 heteroatoms. The summed E-state index contributed by atoms with van der Waals surface area (Å²) in [4.78, 5) is 21.6. The lowest BCUT2D eigenvalue weighted by Gasteiger charge is -2.29. The van der Waals surface area contributed by atoms with E-state index in [-0.39, 0.29) is 24.9 Å². The van der Waals surface area contributed by atoms with Gasteiger partial charge in [0.15, 0.2) is 0 Å². The molecule has 0 spiro atoms. The quantitative estimate of drug-likeness (QED) is 0.488. The van der Waals surface area contributed by atoms with Crippen LogP contribution in [0.1, 0.15) is 40.0 Å². The van der Waals surface area contributed by atoms with E-state index in [9.17, 15) is 14.7 Å². The molecule has 2 atom stereocenters. The molecular formula is C12H24N2O4. The van der Waals surface area contributed by atoms with Crippen molar-refractivity contribution in [1.29, 1.82) is 0 Å². The number of carboxylic acid groups (broad SMARTS) is 1. The van der Waals surface area contributed by atoms with Crippen LogP contribution in [0.5, 0.6) is 0 Å². The number of aliphatic carboxylic acids is 1. The first-order chi connectivity index (χ1) is 8.29. The van der Waals surface area contributed by atoms with E-state index in [1.807, 2.05) is 13.8 Å². The average molecular weight is 260 g/mol. The molecule has 0 aromatic rings. The Morgan fingerprint density at radius 3 is 2.44 bits per heavy atom. The summed E-state index contributed by atoms with van der Waals surface area (Å²) >= 11 is 0. The van der Waals surface area contributed by atoms with Gasteiger partial charge >= 0.3 is 12.0 Å². The number of urea groups is 1. The molecule has 4 N–H and O–H groups in total. The van der Waals surface area contributed by atoms with Gasteiger partial charge in [-0.15, -0.1) is 0 Å². The molecule has 0 saturated carbocycles. The Kier molecular flexibility index (Phi) is 7.35. The van der Waals surface area contributed by atoms with Crippen LogP contribution < -0.4 is 10.6 Å². The van der Waals surface area contributed by atoms with Gasteiger partial charge in [-0.3, -0.25) is 4.79 Å². The van der Waals surface area contributed by atoms with Gasteiger partial charge in [0.1, 0.15) is 0 Å². The van der Waals surface area contributed by atoms with E-state index in [0.717, 1.165) is 6.42 Å². The van der Waals surface area contributed by atoms with Gasteiger partial charge in [-0.2, -0.15) is 0 Å². The van der Waals surface area contributed by atoms with Crippen molar-refractivity contribution < 1.29 is 19.8 Å². The van der Waals surface area contributed by atoms with Crippen LogP contribution in [0.2, 0.25) is 0 Å². The zero-order valence-electron chi connectivity index (χ0n) is 11.3. The Morgan fingerprint density at radius 2 is 1.94 bits per heavy atom. The molecule has 0 saturated heterocycles. The summed E-state index contributed by atoms with van der Waals surface area (Å²) in [5.41, 5.74) is -0.937. The molecule has 106 valence electrons. The second kappa shape index (κ2) is 7.92. The molecule has 0 bridgehead atoms. The molecule has 2 amide bonds. The summed E-state index contributed by atoms with van der Waals surface area (Å²) in [5, 5.41) is 23.6. The highest BCUT2D eigenvalue weighted by molar-refractivity contribution is 5.74. The third-order valence-electron chi connectivity index (χ3n) is 3.13. The fourth-order valence-electron chi connectivity index (χ4n) is 1.38. The molecule has 0 heterocycles. The number of carboxylic acids is 1. The standard InChI is InChI=1S/C12H24N2O4/c1-4-9(2)12(3,18)8-14-11(17)13-7-5-6-10(15)16/h9,18H,4-8H2,1-3H3,(H,15,16)(H2,13,14,17). The largest absolute Gasteiger partial charge is 0.481 e. The Balaban J connectivity index is 3.79. The minimum absolute atomic E-state index is 0.0326. The van der Waals surface area contributed by atoms with E-state index in [0.29, 0.717) is 13.0 Å². The van der Waals surface area contributed by atoms with Crippen molar-refractivity contribution in [3.05, 3.63) is 0 Å². The number of nitrogens with one attached hydrogen (secondary N) is 2. The predicted molar refractivity (Wildman–Crippen MR) is 68.4 cm³/mol. The van der Waals surface area contributed by atoms with Crippen molar-refractivity contribution >= 4 is 12.0 Å². The maximum Gasteiger partial charge on any atom is 0.314 e. The zero-order valence-corrected chi connectivity index (χ0v) is 11.3. The second-order valence-corrected chi connectivity index (χ2v) is 4.77. The third-order valence-corrected chi connectivity index (χ3v) is 3.13. The molecular weight excluding hydrogens is 236 g/mol. The lowest BCUT2D eigenvalue weighted by molar-refractivity contribution is -0.137. The number of amides is 2. The topological polar surface area (TPSA) is 98.7 Å². The van der Waals surface area contributed by atoms with Crippen LogP contribution in [0, 0.1) is 5.92 Å². The summed E-state index contributed by atoms with van der Waals surface area (Å²) < 4.78 is 0. The summed E-state index contributed by atoms with van der Waals surface area (Å²) in [6.45, 7) is 6.07. The summed E-state index contributed by atoms with van der Waals surface area (Å²) in [7, 11) is 0. The summed E-state index contributed by atoms with van der Waals surface area (Å²) in [6.07, 6.45) is 1.25. The van der Waals surface area contributed by atoms with Crippen LogP contribution >= 0.6 is 0 Å². The lowest BCUT2D eigenvalue weighted by atomic mass is 9.89. The minimum atomic E-state index is -0.937. The van der Waals surface area contributed by atoms with Gasteiger partial charge < -0.3 is 20.8 Å². The molecule has 0 fully saturated rings. The fourth-order valence-corrected chi connectivity index (χ4v) is 1.38. The lowest BCUT2D eigenvalue weighted by Crippen LogP contribution is -2.48. The first-order valence-electron chi connectivity index (χ1n) is 6.25. The molecule has 0 aliphatic heterocycles. The van der Waals surface area contributed by atoms with Crippen molar-refractivity contribution in [3.8, 4) is 0 Å². The highest BCUT2D eigenvalue weighted by Crippen LogP contribution is 2.18. The van der Waals surface area contributed by atoms with E-state index in [2.05, 4.69) is 10.6 Å². The molecule has 2 unspecified atom stereocenters. The number of hydrogen-bond donors (Lipinski definition) is 4. The van der Waals surface area contributed by atoms with E-state index in [4.69, 9.17) is 5.11 Å². The Bertz CT molecular complexity index is 279. The SMILES string of the molecule is CCC(C)C(C)(O)CNC(=O)NCCCC(=O)O. The molecule has 0 aliphatic carbocycles. The zero-order chi connectivity index (χ0) is 14.2. The van der Waals surface area contributed by atoms with E-state index in [1.165, 1.54) is 0 Å². The highest BCUT2D eigenvalue weighted by atomic mass is 16.4. The number of carbonyl (C=O) groups excluding carboxylic acids is 1. The average Bonchev–Trinajstić information content (AvgIpc) is 2.30. The molecule has 0 rings (SSSR count). The molecule has 0 aliphatic rings. The van der Waals surface area contributed by atoms with Crippen LogP contribution in [-0.2, 0) is 4.79 Å². The van der Waals surface area contributed by atoms with Crippen molar-refractivity contribution in [3.63, 3.8) is 0 Å². The molecule has 0 radical (unpaired) electrons. The second-order valence-electron chi connectivity index (χ2n) is 4.77. The Labute approximate surface area is 108 Å².